The number of nitrogens with one attached hydrogen (secondary N) is 1. The number of anilines is 1. The van der Waals surface area contributed by atoms with Gasteiger partial charge in [0.05, 0.1) is 23.4 Å². The third-order valence-corrected chi connectivity index (χ3v) is 6.74. The van der Waals surface area contributed by atoms with Crippen molar-refractivity contribution in [3.05, 3.63) is 107 Å². The summed E-state index contributed by atoms with van der Waals surface area (Å²) in [7, 11) is 0. The summed E-state index contributed by atoms with van der Waals surface area (Å²) in [5.74, 6) is -0.433. The summed E-state index contributed by atoms with van der Waals surface area (Å²) in [6.45, 7) is 2.27. The lowest BCUT2D eigenvalue weighted by Gasteiger charge is -2.37. The van der Waals surface area contributed by atoms with E-state index >= 15 is 0 Å². The molecule has 5 nitrogen and oxygen atoms in total. The molecule has 3 aromatic rings. The Balaban J connectivity index is 1.42. The zero-order valence-electron chi connectivity index (χ0n) is 21.2. The second-order valence-electron chi connectivity index (χ2n) is 9.68. The lowest BCUT2D eigenvalue weighted by Crippen LogP contribution is -2.41. The van der Waals surface area contributed by atoms with E-state index in [1.165, 1.54) is 6.07 Å². The number of esters is 1. The summed E-state index contributed by atoms with van der Waals surface area (Å²) in [5.41, 5.74) is 1.86. The van der Waals surface area contributed by atoms with Crippen molar-refractivity contribution in [3.8, 4) is 0 Å². The van der Waals surface area contributed by atoms with Crippen LogP contribution in [0.2, 0.25) is 0 Å². The minimum Gasteiger partial charge on any atom is -0.512 e. The number of aryl methyl sites for hydroxylation is 1. The Bertz CT molecular complexity index is 1270. The third kappa shape index (κ3) is 6.94. The van der Waals surface area contributed by atoms with E-state index in [0.717, 1.165) is 41.9 Å². The molecular formula is C30H31F3N2O3. The minimum absolute atomic E-state index is 0.0649. The van der Waals surface area contributed by atoms with Crippen LogP contribution in [0, 0.1) is 0 Å². The molecule has 1 aromatic heterocycles. The van der Waals surface area contributed by atoms with Gasteiger partial charge in [-0.3, -0.25) is 4.98 Å². The van der Waals surface area contributed by atoms with Gasteiger partial charge in [-0.1, -0.05) is 55.8 Å². The highest BCUT2D eigenvalue weighted by Gasteiger charge is 2.41. The zero-order valence-corrected chi connectivity index (χ0v) is 21.2. The summed E-state index contributed by atoms with van der Waals surface area (Å²) >= 11 is 0. The zero-order chi connectivity index (χ0) is 27.2. The summed E-state index contributed by atoms with van der Waals surface area (Å²) in [5, 5.41) is 14.1. The molecule has 1 aliphatic rings. The Morgan fingerprint density at radius 2 is 1.79 bits per heavy atom. The van der Waals surface area contributed by atoms with Crippen LogP contribution in [0.4, 0.5) is 18.9 Å². The Morgan fingerprint density at radius 1 is 1.03 bits per heavy atom. The largest absolute Gasteiger partial charge is 0.512 e. The van der Waals surface area contributed by atoms with Gasteiger partial charge < -0.3 is 15.2 Å². The van der Waals surface area contributed by atoms with E-state index in [-0.39, 0.29) is 30.7 Å². The number of carbonyl (C=O) groups excluding carboxylic acids is 1. The number of aliphatic hydroxyl groups excluding tert-OH is 1. The molecule has 1 aliphatic heterocycles. The number of nitrogens with zero attached hydrogens (tertiary/aromatic N) is 1. The van der Waals surface area contributed by atoms with Crippen LogP contribution in [-0.4, -0.2) is 21.7 Å². The first kappa shape index (κ1) is 27.2. The van der Waals surface area contributed by atoms with Crippen LogP contribution >= 0.6 is 0 Å². The molecule has 1 atom stereocenters. The summed E-state index contributed by atoms with van der Waals surface area (Å²) in [6, 6.07) is 19.6. The number of hydrogen-bond donors (Lipinski definition) is 2. The van der Waals surface area contributed by atoms with E-state index in [0.29, 0.717) is 18.5 Å². The van der Waals surface area contributed by atoms with Gasteiger partial charge >= 0.3 is 12.1 Å². The van der Waals surface area contributed by atoms with Gasteiger partial charge in [0.2, 0.25) is 0 Å². The molecule has 0 aliphatic carbocycles. The van der Waals surface area contributed by atoms with Crippen molar-refractivity contribution in [2.45, 2.75) is 63.8 Å². The number of halogens is 3. The van der Waals surface area contributed by atoms with Gasteiger partial charge in [0.25, 0.3) is 0 Å². The van der Waals surface area contributed by atoms with Gasteiger partial charge in [-0.05, 0) is 54.7 Å². The van der Waals surface area contributed by atoms with Gasteiger partial charge in [0.15, 0.2) is 0 Å². The van der Waals surface area contributed by atoms with Gasteiger partial charge in [0, 0.05) is 24.7 Å². The molecule has 0 amide bonds. The van der Waals surface area contributed by atoms with E-state index in [1.54, 1.807) is 0 Å². The minimum atomic E-state index is -4.42. The first-order valence-corrected chi connectivity index (χ1v) is 12.7. The number of pyridine rings is 1. The van der Waals surface area contributed by atoms with Gasteiger partial charge in [-0.2, -0.15) is 13.2 Å². The lowest BCUT2D eigenvalue weighted by molar-refractivity contribution is -0.160. The second-order valence-corrected chi connectivity index (χ2v) is 9.68. The molecule has 0 spiro atoms. The number of hydrogen-bond acceptors (Lipinski definition) is 5. The van der Waals surface area contributed by atoms with Crippen LogP contribution in [0.25, 0.3) is 0 Å². The van der Waals surface area contributed by atoms with E-state index in [1.807, 2.05) is 61.5 Å². The number of alkyl halides is 3. The highest BCUT2D eigenvalue weighted by Crippen LogP contribution is 2.37. The maximum Gasteiger partial charge on any atom is 0.417 e. The molecule has 200 valence electrons. The molecule has 0 saturated carbocycles. The number of rotatable bonds is 10. The van der Waals surface area contributed by atoms with Gasteiger partial charge in [0.1, 0.15) is 11.4 Å². The third-order valence-electron chi connectivity index (χ3n) is 6.74. The molecule has 0 bridgehead atoms. The van der Waals surface area contributed by atoms with E-state index < -0.39 is 23.3 Å². The normalized spacial score (nSPS) is 17.8. The topological polar surface area (TPSA) is 71.5 Å². The highest BCUT2D eigenvalue weighted by atomic mass is 19.4. The van der Waals surface area contributed by atoms with Crippen LogP contribution in [-0.2, 0) is 35.1 Å². The van der Waals surface area contributed by atoms with Crippen LogP contribution in [0.5, 0.6) is 0 Å². The van der Waals surface area contributed by atoms with Crippen LogP contribution in [0.15, 0.2) is 84.3 Å². The fourth-order valence-electron chi connectivity index (χ4n) is 4.76. The summed E-state index contributed by atoms with van der Waals surface area (Å²) < 4.78 is 44.2. The number of aliphatic hydroxyl groups is 1. The quantitative estimate of drug-likeness (QED) is 0.275. The fourth-order valence-corrected chi connectivity index (χ4v) is 4.76. The molecule has 0 saturated heterocycles. The number of carbonyl (C=O) groups is 1. The number of benzene rings is 2. The predicted molar refractivity (Wildman–Crippen MR) is 139 cm³/mol. The van der Waals surface area contributed by atoms with Crippen molar-refractivity contribution < 1.29 is 27.8 Å². The average Bonchev–Trinajstić information content (AvgIpc) is 2.89. The van der Waals surface area contributed by atoms with Crippen LogP contribution in [0.1, 0.15) is 55.0 Å². The van der Waals surface area contributed by atoms with Crippen molar-refractivity contribution in [3.63, 3.8) is 0 Å². The average molecular weight is 525 g/mol. The van der Waals surface area contributed by atoms with Crippen molar-refractivity contribution >= 4 is 11.7 Å². The Hall–Kier alpha value is -3.81. The number of aromatic nitrogens is 1. The SMILES string of the molecule is CCC[C@@]1(CCc2ccccc2)CC(O)=C(Cc2cccc(NCc3ccc(C(F)(F)F)cn3)c2)C(=O)O1. The molecule has 2 N–H and O–H groups in total. The first-order chi connectivity index (χ1) is 18.2. The van der Waals surface area contributed by atoms with Crippen LogP contribution < -0.4 is 5.32 Å². The monoisotopic (exact) mass is 524 g/mol. The molecular weight excluding hydrogens is 493 g/mol. The predicted octanol–water partition coefficient (Wildman–Crippen LogP) is 7.19. The molecule has 0 fully saturated rings. The molecule has 0 unspecified atom stereocenters. The second kappa shape index (κ2) is 11.7. The van der Waals surface area contributed by atoms with Crippen molar-refractivity contribution in [2.24, 2.45) is 0 Å². The lowest BCUT2D eigenvalue weighted by atomic mass is 9.83. The molecule has 8 heteroatoms. The first-order valence-electron chi connectivity index (χ1n) is 12.7. The van der Waals surface area contributed by atoms with Crippen molar-refractivity contribution in [2.75, 3.05) is 5.32 Å². The van der Waals surface area contributed by atoms with Crippen molar-refractivity contribution in [1.29, 1.82) is 0 Å². The number of ether oxygens (including phenoxy) is 1. The smallest absolute Gasteiger partial charge is 0.417 e. The molecule has 0 radical (unpaired) electrons. The molecule has 2 heterocycles. The Morgan fingerprint density at radius 3 is 2.45 bits per heavy atom. The molecule has 4 rings (SSSR count). The summed E-state index contributed by atoms with van der Waals surface area (Å²) in [6.07, 6.45) is -0.246. The molecule has 38 heavy (non-hydrogen) atoms. The highest BCUT2D eigenvalue weighted by molar-refractivity contribution is 5.90. The van der Waals surface area contributed by atoms with Crippen molar-refractivity contribution in [1.82, 2.24) is 4.98 Å². The molecule has 2 aromatic carbocycles. The standard InChI is InChI=1S/C30H31F3N2O3/c1-2-14-29(15-13-21-7-4-3-5-8-21)18-27(36)26(28(37)38-29)17-22-9-6-10-24(16-22)35-20-25-12-11-23(19-34-25)30(31,32)33/h3-12,16,19,35-36H,2,13-15,17-18,20H2,1H3/t29-/m1/s1. The maximum atomic E-state index is 13.1. The number of cyclic esters (lactones) is 1. The van der Waals surface area contributed by atoms with E-state index in [2.05, 4.69) is 10.3 Å². The summed E-state index contributed by atoms with van der Waals surface area (Å²) in [4.78, 5) is 16.9. The van der Waals surface area contributed by atoms with Gasteiger partial charge in [-0.15, -0.1) is 0 Å². The van der Waals surface area contributed by atoms with Crippen LogP contribution in [0.3, 0.4) is 0 Å². The van der Waals surface area contributed by atoms with E-state index in [9.17, 15) is 23.1 Å². The fraction of sp³-hybridized carbons (Fsp3) is 0.333. The Labute approximate surface area is 220 Å². The Kier molecular flexibility index (Phi) is 8.39. The van der Waals surface area contributed by atoms with E-state index in [4.69, 9.17) is 4.74 Å². The maximum absolute atomic E-state index is 13.1. The van der Waals surface area contributed by atoms with Gasteiger partial charge in [-0.25, -0.2) is 4.79 Å².